The van der Waals surface area contributed by atoms with Crippen LogP contribution < -0.4 is 14.4 Å². The first-order valence-corrected chi connectivity index (χ1v) is 11.8. The molecule has 0 radical (unpaired) electrons. The highest BCUT2D eigenvalue weighted by molar-refractivity contribution is 8.16. The summed E-state index contributed by atoms with van der Waals surface area (Å²) in [5, 5.41) is 0.452. The molecule has 7 nitrogen and oxygen atoms in total. The Balaban J connectivity index is 1.72. The Bertz CT molecular complexity index is 899. The Morgan fingerprint density at radius 2 is 2.04 bits per heavy atom. The molecule has 3 atom stereocenters. The lowest BCUT2D eigenvalue weighted by atomic mass is 10.1. The molecule has 0 aliphatic carbocycles. The first kappa shape index (κ1) is 18.6. The second-order valence-corrected chi connectivity index (χ2v) is 10.4. The van der Waals surface area contributed by atoms with Gasteiger partial charge in [-0.3, -0.25) is 4.79 Å². The minimum atomic E-state index is -3.10. The van der Waals surface area contributed by atoms with Gasteiger partial charge in [0.1, 0.15) is 13.2 Å². The molecule has 2 fully saturated rings. The van der Waals surface area contributed by atoms with E-state index in [-0.39, 0.29) is 34.6 Å². The van der Waals surface area contributed by atoms with Crippen LogP contribution >= 0.6 is 11.8 Å². The molecule has 3 aliphatic heterocycles. The van der Waals surface area contributed by atoms with Gasteiger partial charge in [-0.2, -0.15) is 4.99 Å². The Kier molecular flexibility index (Phi) is 4.84. The van der Waals surface area contributed by atoms with Crippen LogP contribution in [0.15, 0.2) is 23.2 Å². The number of rotatable bonds is 3. The number of carbonyl (C=O) groups is 1. The number of hydrogen-bond donors (Lipinski definition) is 0. The van der Waals surface area contributed by atoms with Gasteiger partial charge in [0.15, 0.2) is 26.5 Å². The fourth-order valence-electron chi connectivity index (χ4n) is 3.43. The Labute approximate surface area is 163 Å². The second-order valence-electron chi connectivity index (χ2n) is 7.04. The van der Waals surface area contributed by atoms with E-state index >= 15 is 0 Å². The van der Waals surface area contributed by atoms with Crippen LogP contribution in [0.1, 0.15) is 20.3 Å². The van der Waals surface area contributed by atoms with E-state index in [1.165, 1.54) is 11.8 Å². The van der Waals surface area contributed by atoms with Gasteiger partial charge in [-0.15, -0.1) is 0 Å². The SMILES string of the molecule is CC[C@H](C)C(=O)N=C1S[C@@H]2CS(=O)(=O)C[C@@H]2N1c1ccc2c(c1)OCCO2. The van der Waals surface area contributed by atoms with Crippen molar-refractivity contribution < 1.29 is 22.7 Å². The second kappa shape index (κ2) is 7.01. The average molecular weight is 411 g/mol. The van der Waals surface area contributed by atoms with Gasteiger partial charge in [0.2, 0.25) is 0 Å². The number of carbonyl (C=O) groups excluding carboxylic acids is 1. The van der Waals surface area contributed by atoms with E-state index in [1.54, 1.807) is 0 Å². The summed E-state index contributed by atoms with van der Waals surface area (Å²) in [6.45, 7) is 4.78. The van der Waals surface area contributed by atoms with E-state index in [2.05, 4.69) is 4.99 Å². The van der Waals surface area contributed by atoms with Gasteiger partial charge in [0.05, 0.1) is 17.5 Å². The standard InChI is InChI=1S/C18H22N2O5S2/c1-3-11(2)17(21)19-18-20(13-9-27(22,23)10-16(13)26-18)12-4-5-14-15(8-12)25-7-6-24-14/h4-5,8,11,13,16H,3,6-7,9-10H2,1-2H3/t11-,13-,16+/m0/s1. The molecular formula is C18H22N2O5S2. The molecule has 3 heterocycles. The van der Waals surface area contributed by atoms with Gasteiger partial charge in [0, 0.05) is 22.9 Å². The summed E-state index contributed by atoms with van der Waals surface area (Å²) >= 11 is 1.38. The largest absolute Gasteiger partial charge is 0.486 e. The van der Waals surface area contributed by atoms with Gasteiger partial charge < -0.3 is 14.4 Å². The zero-order valence-electron chi connectivity index (χ0n) is 15.3. The van der Waals surface area contributed by atoms with Gasteiger partial charge in [-0.05, 0) is 18.6 Å². The van der Waals surface area contributed by atoms with Crippen LogP contribution in [0.25, 0.3) is 0 Å². The number of sulfone groups is 1. The van der Waals surface area contributed by atoms with E-state index in [0.717, 1.165) is 5.69 Å². The van der Waals surface area contributed by atoms with E-state index in [4.69, 9.17) is 9.47 Å². The molecule has 0 aromatic heterocycles. The smallest absolute Gasteiger partial charge is 0.250 e. The zero-order chi connectivity index (χ0) is 19.2. The highest BCUT2D eigenvalue weighted by atomic mass is 32.2. The van der Waals surface area contributed by atoms with Gasteiger partial charge in [0.25, 0.3) is 5.91 Å². The first-order valence-electron chi connectivity index (χ1n) is 9.06. The molecule has 2 saturated heterocycles. The summed E-state index contributed by atoms with van der Waals surface area (Å²) in [7, 11) is -3.10. The molecule has 0 spiro atoms. The van der Waals surface area contributed by atoms with Crippen molar-refractivity contribution in [1.82, 2.24) is 0 Å². The molecule has 146 valence electrons. The van der Waals surface area contributed by atoms with E-state index < -0.39 is 9.84 Å². The molecule has 9 heteroatoms. The lowest BCUT2D eigenvalue weighted by molar-refractivity contribution is -0.121. The molecule has 0 bridgehead atoms. The number of benzene rings is 1. The highest BCUT2D eigenvalue weighted by Crippen LogP contribution is 2.43. The molecule has 0 saturated carbocycles. The number of amidine groups is 1. The average Bonchev–Trinajstić information content (AvgIpc) is 3.11. The predicted octanol–water partition coefficient (Wildman–Crippen LogP) is 2.11. The van der Waals surface area contributed by atoms with Crippen molar-refractivity contribution in [2.45, 2.75) is 31.6 Å². The van der Waals surface area contributed by atoms with Crippen molar-refractivity contribution in [3.63, 3.8) is 0 Å². The number of fused-ring (bicyclic) bond motifs is 2. The number of nitrogens with zero attached hydrogens (tertiary/aromatic N) is 2. The lowest BCUT2D eigenvalue weighted by Crippen LogP contribution is -2.38. The summed E-state index contributed by atoms with van der Waals surface area (Å²) in [6, 6.07) is 5.29. The van der Waals surface area contributed by atoms with E-state index in [9.17, 15) is 13.2 Å². The molecule has 0 unspecified atom stereocenters. The highest BCUT2D eigenvalue weighted by Gasteiger charge is 2.49. The third-order valence-electron chi connectivity index (χ3n) is 5.11. The third-order valence-corrected chi connectivity index (χ3v) is 8.32. The molecule has 4 rings (SSSR count). The monoisotopic (exact) mass is 410 g/mol. The Morgan fingerprint density at radius 1 is 1.30 bits per heavy atom. The zero-order valence-corrected chi connectivity index (χ0v) is 16.9. The van der Waals surface area contributed by atoms with Gasteiger partial charge >= 0.3 is 0 Å². The van der Waals surface area contributed by atoms with Gasteiger partial charge in [-0.1, -0.05) is 25.6 Å². The van der Waals surface area contributed by atoms with Crippen LogP contribution in [0, 0.1) is 5.92 Å². The Hall–Kier alpha value is -1.74. The van der Waals surface area contributed by atoms with E-state index in [1.807, 2.05) is 36.9 Å². The maximum atomic E-state index is 12.4. The first-order chi connectivity index (χ1) is 12.9. The molecule has 1 aromatic carbocycles. The number of amides is 1. The van der Waals surface area contributed by atoms with Crippen LogP contribution in [0.5, 0.6) is 11.5 Å². The summed E-state index contributed by atoms with van der Waals surface area (Å²) in [4.78, 5) is 18.6. The van der Waals surface area contributed by atoms with Crippen molar-refractivity contribution in [2.24, 2.45) is 10.9 Å². The number of aliphatic imine (C=N–C) groups is 1. The van der Waals surface area contributed by atoms with Crippen molar-refractivity contribution in [1.29, 1.82) is 0 Å². The minimum absolute atomic E-state index is 0.0651. The molecular weight excluding hydrogens is 388 g/mol. The van der Waals surface area contributed by atoms with E-state index in [0.29, 0.717) is 36.3 Å². The van der Waals surface area contributed by atoms with Crippen LogP contribution in [-0.4, -0.2) is 55.5 Å². The molecule has 0 N–H and O–H groups in total. The number of ether oxygens (including phenoxy) is 2. The van der Waals surface area contributed by atoms with Crippen LogP contribution in [0.3, 0.4) is 0 Å². The molecule has 27 heavy (non-hydrogen) atoms. The molecule has 1 aromatic rings. The van der Waals surface area contributed by atoms with Gasteiger partial charge in [-0.25, -0.2) is 8.42 Å². The lowest BCUT2D eigenvalue weighted by Gasteiger charge is -2.26. The minimum Gasteiger partial charge on any atom is -0.486 e. The number of anilines is 1. The van der Waals surface area contributed by atoms with Crippen molar-refractivity contribution in [2.75, 3.05) is 29.6 Å². The van der Waals surface area contributed by atoms with Crippen LogP contribution in [-0.2, 0) is 14.6 Å². The molecule has 1 amide bonds. The number of thioether (sulfide) groups is 1. The fraction of sp³-hybridized carbons (Fsp3) is 0.556. The predicted molar refractivity (Wildman–Crippen MR) is 106 cm³/mol. The Morgan fingerprint density at radius 3 is 2.78 bits per heavy atom. The summed E-state index contributed by atoms with van der Waals surface area (Å²) in [5.41, 5.74) is 0.770. The maximum absolute atomic E-state index is 12.4. The normalized spacial score (nSPS) is 28.2. The van der Waals surface area contributed by atoms with Crippen molar-refractivity contribution in [3.05, 3.63) is 18.2 Å². The number of hydrogen-bond acceptors (Lipinski definition) is 6. The third kappa shape index (κ3) is 3.54. The maximum Gasteiger partial charge on any atom is 0.250 e. The van der Waals surface area contributed by atoms with Crippen molar-refractivity contribution >= 4 is 38.4 Å². The van der Waals surface area contributed by atoms with Crippen molar-refractivity contribution in [3.8, 4) is 11.5 Å². The fourth-order valence-corrected chi connectivity index (χ4v) is 7.35. The summed E-state index contributed by atoms with van der Waals surface area (Å²) in [5.74, 6) is 1.13. The topological polar surface area (TPSA) is 85.3 Å². The molecule has 3 aliphatic rings. The van der Waals surface area contributed by atoms with Crippen LogP contribution in [0.4, 0.5) is 5.69 Å². The van der Waals surface area contributed by atoms with Crippen LogP contribution in [0.2, 0.25) is 0 Å². The summed E-state index contributed by atoms with van der Waals surface area (Å²) in [6.07, 6.45) is 0.714. The summed E-state index contributed by atoms with van der Waals surface area (Å²) < 4.78 is 35.5. The quantitative estimate of drug-likeness (QED) is 0.754.